The molecule has 1 aliphatic rings. The van der Waals surface area contributed by atoms with Gasteiger partial charge in [-0.15, -0.1) is 0 Å². The number of rotatable bonds is 6. The van der Waals surface area contributed by atoms with Crippen molar-refractivity contribution in [3.63, 3.8) is 0 Å². The maximum absolute atomic E-state index is 11.3. The highest BCUT2D eigenvalue weighted by molar-refractivity contribution is 5.75. The van der Waals surface area contributed by atoms with Crippen molar-refractivity contribution in [2.45, 2.75) is 38.3 Å². The Morgan fingerprint density at radius 3 is 2.67 bits per heavy atom. The van der Waals surface area contributed by atoms with E-state index in [0.29, 0.717) is 18.6 Å². The van der Waals surface area contributed by atoms with Crippen molar-refractivity contribution in [1.82, 2.24) is 10.2 Å². The van der Waals surface area contributed by atoms with Gasteiger partial charge in [0.1, 0.15) is 0 Å². The highest BCUT2D eigenvalue weighted by Gasteiger charge is 2.28. The third-order valence-corrected chi connectivity index (χ3v) is 2.77. The van der Waals surface area contributed by atoms with Crippen molar-refractivity contribution in [2.75, 3.05) is 27.2 Å². The van der Waals surface area contributed by atoms with E-state index in [1.54, 1.807) is 19.0 Å². The SMILES string of the molecule is CCOC1CC(NCCC(=O)N(C)C)C1. The van der Waals surface area contributed by atoms with E-state index < -0.39 is 0 Å². The molecule has 0 aromatic carbocycles. The lowest BCUT2D eigenvalue weighted by Crippen LogP contribution is -2.46. The van der Waals surface area contributed by atoms with Gasteiger partial charge in [-0.25, -0.2) is 0 Å². The molecule has 0 radical (unpaired) electrons. The molecule has 0 spiro atoms. The normalized spacial score (nSPS) is 24.7. The van der Waals surface area contributed by atoms with Gasteiger partial charge < -0.3 is 15.0 Å². The number of amides is 1. The van der Waals surface area contributed by atoms with E-state index in [4.69, 9.17) is 4.74 Å². The minimum Gasteiger partial charge on any atom is -0.378 e. The molecule has 15 heavy (non-hydrogen) atoms. The van der Waals surface area contributed by atoms with Crippen LogP contribution in [-0.4, -0.2) is 50.2 Å². The summed E-state index contributed by atoms with van der Waals surface area (Å²) >= 11 is 0. The number of carbonyl (C=O) groups is 1. The Morgan fingerprint density at radius 2 is 2.13 bits per heavy atom. The third-order valence-electron chi connectivity index (χ3n) is 2.77. The van der Waals surface area contributed by atoms with Gasteiger partial charge in [0.2, 0.25) is 5.91 Å². The van der Waals surface area contributed by atoms with Crippen molar-refractivity contribution in [2.24, 2.45) is 0 Å². The quantitative estimate of drug-likeness (QED) is 0.705. The Labute approximate surface area is 92.0 Å². The summed E-state index contributed by atoms with van der Waals surface area (Å²) in [5.74, 6) is 0.184. The van der Waals surface area contributed by atoms with Crippen LogP contribution in [0.3, 0.4) is 0 Å². The van der Waals surface area contributed by atoms with Crippen molar-refractivity contribution < 1.29 is 9.53 Å². The Balaban J connectivity index is 1.97. The predicted octanol–water partition coefficient (Wildman–Crippen LogP) is 0.622. The second-order valence-electron chi connectivity index (χ2n) is 4.24. The van der Waals surface area contributed by atoms with Gasteiger partial charge in [-0.2, -0.15) is 0 Å². The average molecular weight is 214 g/mol. The molecule has 0 aromatic rings. The standard InChI is InChI=1S/C11H22N2O2/c1-4-15-10-7-9(8-10)12-6-5-11(14)13(2)3/h9-10,12H,4-8H2,1-3H3. The van der Waals surface area contributed by atoms with Crippen LogP contribution in [0, 0.1) is 0 Å². The summed E-state index contributed by atoms with van der Waals surface area (Å²) in [6, 6.07) is 0.552. The van der Waals surface area contributed by atoms with Gasteiger partial charge in [-0.05, 0) is 19.8 Å². The van der Waals surface area contributed by atoms with Gasteiger partial charge in [0, 0.05) is 39.7 Å². The third kappa shape index (κ3) is 4.18. The molecule has 1 N–H and O–H groups in total. The summed E-state index contributed by atoms with van der Waals surface area (Å²) < 4.78 is 5.46. The first-order valence-electron chi connectivity index (χ1n) is 5.68. The molecule has 4 heteroatoms. The molecule has 1 amide bonds. The molecule has 0 bridgehead atoms. The molecule has 1 aliphatic carbocycles. The van der Waals surface area contributed by atoms with Crippen molar-refractivity contribution in [3.8, 4) is 0 Å². The molecule has 0 aromatic heterocycles. The predicted molar refractivity (Wildman–Crippen MR) is 59.7 cm³/mol. The van der Waals surface area contributed by atoms with Crippen LogP contribution in [-0.2, 0) is 9.53 Å². The topological polar surface area (TPSA) is 41.6 Å². The van der Waals surface area contributed by atoms with Gasteiger partial charge in [0.15, 0.2) is 0 Å². The second kappa shape index (κ2) is 6.08. The van der Waals surface area contributed by atoms with Crippen LogP contribution in [0.25, 0.3) is 0 Å². The Morgan fingerprint density at radius 1 is 1.47 bits per heavy atom. The summed E-state index contributed by atoms with van der Waals surface area (Å²) in [7, 11) is 3.58. The first kappa shape index (κ1) is 12.5. The maximum Gasteiger partial charge on any atom is 0.223 e. The largest absolute Gasteiger partial charge is 0.378 e. The average Bonchev–Trinajstić information content (AvgIpc) is 2.13. The van der Waals surface area contributed by atoms with E-state index in [-0.39, 0.29) is 5.91 Å². The van der Waals surface area contributed by atoms with E-state index in [2.05, 4.69) is 5.32 Å². The summed E-state index contributed by atoms with van der Waals surface area (Å²) in [4.78, 5) is 12.9. The number of nitrogens with zero attached hydrogens (tertiary/aromatic N) is 1. The van der Waals surface area contributed by atoms with Crippen LogP contribution < -0.4 is 5.32 Å². The van der Waals surface area contributed by atoms with Crippen molar-refractivity contribution in [1.29, 1.82) is 0 Å². The van der Waals surface area contributed by atoms with Gasteiger partial charge in [0.05, 0.1) is 6.10 Å². The Bertz CT molecular complexity index is 201. The Hall–Kier alpha value is -0.610. The van der Waals surface area contributed by atoms with Crippen LogP contribution in [0.15, 0.2) is 0 Å². The first-order chi connectivity index (χ1) is 7.13. The molecule has 0 heterocycles. The molecule has 1 saturated carbocycles. The smallest absolute Gasteiger partial charge is 0.223 e. The van der Waals surface area contributed by atoms with E-state index in [0.717, 1.165) is 26.0 Å². The molecule has 4 nitrogen and oxygen atoms in total. The monoisotopic (exact) mass is 214 g/mol. The molecule has 1 rings (SSSR count). The fourth-order valence-electron chi connectivity index (χ4n) is 1.71. The molecule has 0 atom stereocenters. The van der Waals surface area contributed by atoms with E-state index >= 15 is 0 Å². The molecule has 1 fully saturated rings. The molecule has 0 saturated heterocycles. The lowest BCUT2D eigenvalue weighted by molar-refractivity contribution is -0.128. The summed E-state index contributed by atoms with van der Waals surface area (Å²) in [6.45, 7) is 3.60. The van der Waals surface area contributed by atoms with Crippen LogP contribution in [0.2, 0.25) is 0 Å². The fraction of sp³-hybridized carbons (Fsp3) is 0.909. The molecule has 0 aliphatic heterocycles. The van der Waals surface area contributed by atoms with Crippen molar-refractivity contribution >= 4 is 5.91 Å². The second-order valence-corrected chi connectivity index (χ2v) is 4.24. The fourth-order valence-corrected chi connectivity index (χ4v) is 1.71. The zero-order chi connectivity index (χ0) is 11.3. The highest BCUT2D eigenvalue weighted by atomic mass is 16.5. The number of hydrogen-bond acceptors (Lipinski definition) is 3. The van der Waals surface area contributed by atoms with E-state index in [1.807, 2.05) is 6.92 Å². The number of ether oxygens (including phenoxy) is 1. The minimum atomic E-state index is 0.184. The zero-order valence-electron chi connectivity index (χ0n) is 9.95. The van der Waals surface area contributed by atoms with E-state index in [9.17, 15) is 4.79 Å². The lowest BCUT2D eigenvalue weighted by atomic mass is 9.89. The zero-order valence-corrected chi connectivity index (χ0v) is 9.95. The lowest BCUT2D eigenvalue weighted by Gasteiger charge is -2.35. The van der Waals surface area contributed by atoms with Gasteiger partial charge >= 0.3 is 0 Å². The summed E-state index contributed by atoms with van der Waals surface area (Å²) in [6.07, 6.45) is 3.20. The Kier molecular flexibility index (Phi) is 5.05. The number of carbonyl (C=O) groups excluding carboxylic acids is 1. The summed E-state index contributed by atoms with van der Waals surface area (Å²) in [5.41, 5.74) is 0. The maximum atomic E-state index is 11.3. The highest BCUT2D eigenvalue weighted by Crippen LogP contribution is 2.22. The molecule has 0 unspecified atom stereocenters. The van der Waals surface area contributed by atoms with Crippen LogP contribution in [0.4, 0.5) is 0 Å². The molecular formula is C11H22N2O2. The van der Waals surface area contributed by atoms with Gasteiger partial charge in [0.25, 0.3) is 0 Å². The number of hydrogen-bond donors (Lipinski definition) is 1. The van der Waals surface area contributed by atoms with Crippen molar-refractivity contribution in [3.05, 3.63) is 0 Å². The first-order valence-corrected chi connectivity index (χ1v) is 5.68. The number of nitrogens with one attached hydrogen (secondary N) is 1. The van der Waals surface area contributed by atoms with Gasteiger partial charge in [-0.3, -0.25) is 4.79 Å². The molecular weight excluding hydrogens is 192 g/mol. The van der Waals surface area contributed by atoms with Crippen LogP contribution in [0.5, 0.6) is 0 Å². The van der Waals surface area contributed by atoms with Gasteiger partial charge in [-0.1, -0.05) is 0 Å². The van der Waals surface area contributed by atoms with Crippen LogP contribution >= 0.6 is 0 Å². The summed E-state index contributed by atoms with van der Waals surface area (Å²) in [5, 5.41) is 3.37. The van der Waals surface area contributed by atoms with Crippen LogP contribution in [0.1, 0.15) is 26.2 Å². The molecule has 88 valence electrons. The van der Waals surface area contributed by atoms with E-state index in [1.165, 1.54) is 0 Å². The minimum absolute atomic E-state index is 0.184.